The average molecular weight is 346 g/mol. The monoisotopic (exact) mass is 346 g/mol. The van der Waals surface area contributed by atoms with Crippen LogP contribution in [0.25, 0.3) is 0 Å². The third-order valence-corrected chi connectivity index (χ3v) is 5.65. The van der Waals surface area contributed by atoms with E-state index in [9.17, 15) is 18.7 Å². The van der Waals surface area contributed by atoms with E-state index < -0.39 is 18.1 Å². The van der Waals surface area contributed by atoms with Gasteiger partial charge in [-0.1, -0.05) is 12.8 Å². The van der Waals surface area contributed by atoms with Gasteiger partial charge in [0, 0.05) is 31.3 Å². The maximum atomic E-state index is 13.2. The van der Waals surface area contributed by atoms with Crippen molar-refractivity contribution >= 4 is 5.91 Å². The van der Waals surface area contributed by atoms with Crippen molar-refractivity contribution < 1.29 is 23.4 Å². The maximum Gasteiger partial charge on any atom is 0.248 e. The van der Waals surface area contributed by atoms with Crippen LogP contribution in [0.5, 0.6) is 0 Å². The maximum absolute atomic E-state index is 13.2. The SMILES string of the molecule is O=C(NC[C@H]1OC[C@@H](NC2CCC(F)(F)CC2)[C@@H]1O)C1CCCC1. The van der Waals surface area contributed by atoms with E-state index in [0.29, 0.717) is 26.0 Å². The van der Waals surface area contributed by atoms with E-state index in [2.05, 4.69) is 10.6 Å². The minimum Gasteiger partial charge on any atom is -0.389 e. The molecule has 24 heavy (non-hydrogen) atoms. The highest BCUT2D eigenvalue weighted by Crippen LogP contribution is 2.33. The van der Waals surface area contributed by atoms with Crippen molar-refractivity contribution in [3.63, 3.8) is 0 Å². The molecule has 7 heteroatoms. The van der Waals surface area contributed by atoms with Crippen molar-refractivity contribution in [2.75, 3.05) is 13.2 Å². The van der Waals surface area contributed by atoms with Crippen LogP contribution in [0.1, 0.15) is 51.4 Å². The molecule has 1 amide bonds. The number of nitrogens with one attached hydrogen (secondary N) is 2. The molecule has 5 nitrogen and oxygen atoms in total. The topological polar surface area (TPSA) is 70.6 Å². The molecule has 0 spiro atoms. The Labute approximate surface area is 141 Å². The number of aliphatic hydroxyl groups is 1. The summed E-state index contributed by atoms with van der Waals surface area (Å²) in [5, 5.41) is 16.5. The van der Waals surface area contributed by atoms with Crippen molar-refractivity contribution in [2.24, 2.45) is 5.92 Å². The van der Waals surface area contributed by atoms with Gasteiger partial charge in [0.15, 0.2) is 0 Å². The fourth-order valence-electron chi connectivity index (χ4n) is 4.05. The number of alkyl halides is 2. The van der Waals surface area contributed by atoms with Crippen LogP contribution >= 0.6 is 0 Å². The van der Waals surface area contributed by atoms with E-state index in [4.69, 9.17) is 4.74 Å². The van der Waals surface area contributed by atoms with Crippen LogP contribution in [0.3, 0.4) is 0 Å². The molecule has 3 atom stereocenters. The zero-order chi connectivity index (χ0) is 17.2. The molecule has 3 rings (SSSR count). The molecule has 2 aliphatic carbocycles. The highest BCUT2D eigenvalue weighted by atomic mass is 19.3. The second-order valence-corrected chi connectivity index (χ2v) is 7.49. The number of carbonyl (C=O) groups excluding carboxylic acids is 1. The average Bonchev–Trinajstić information content (AvgIpc) is 3.19. The van der Waals surface area contributed by atoms with Crippen LogP contribution in [0, 0.1) is 5.92 Å². The number of carbonyl (C=O) groups is 1. The number of hydrogen-bond acceptors (Lipinski definition) is 4. The number of ether oxygens (including phenoxy) is 1. The lowest BCUT2D eigenvalue weighted by Crippen LogP contribution is -2.50. The van der Waals surface area contributed by atoms with E-state index in [-0.39, 0.29) is 36.8 Å². The lowest BCUT2D eigenvalue weighted by molar-refractivity contribution is -0.125. The standard InChI is InChI=1S/C17H28F2N2O3/c18-17(19)7-5-12(6-8-17)21-13-10-24-14(15(13)22)9-20-16(23)11-3-1-2-4-11/h11-15,21-22H,1-10H2,(H,20,23)/t13-,14-,15+/m1/s1. The van der Waals surface area contributed by atoms with Gasteiger partial charge < -0.3 is 20.5 Å². The molecule has 0 aromatic rings. The number of aliphatic hydroxyl groups excluding tert-OH is 1. The molecule has 1 aliphatic heterocycles. The minimum absolute atomic E-state index is 0.000273. The first-order valence-corrected chi connectivity index (χ1v) is 9.16. The Kier molecular flexibility index (Phi) is 5.72. The summed E-state index contributed by atoms with van der Waals surface area (Å²) >= 11 is 0. The molecule has 0 aromatic carbocycles. The van der Waals surface area contributed by atoms with Crippen molar-refractivity contribution in [2.45, 2.75) is 81.6 Å². The van der Waals surface area contributed by atoms with Gasteiger partial charge in [-0.05, 0) is 25.7 Å². The Bertz CT molecular complexity index is 434. The van der Waals surface area contributed by atoms with E-state index in [1.807, 2.05) is 0 Å². The lowest BCUT2D eigenvalue weighted by atomic mass is 9.91. The van der Waals surface area contributed by atoms with Crippen LogP contribution in [-0.4, -0.2) is 54.4 Å². The zero-order valence-electron chi connectivity index (χ0n) is 14.0. The first-order valence-electron chi connectivity index (χ1n) is 9.16. The third-order valence-electron chi connectivity index (χ3n) is 5.65. The fourth-order valence-corrected chi connectivity index (χ4v) is 4.05. The van der Waals surface area contributed by atoms with Gasteiger partial charge in [0.1, 0.15) is 6.10 Å². The van der Waals surface area contributed by atoms with Gasteiger partial charge in [0.2, 0.25) is 11.8 Å². The molecule has 138 valence electrons. The summed E-state index contributed by atoms with van der Waals surface area (Å²) in [6.45, 7) is 0.648. The molecular formula is C17H28F2N2O3. The van der Waals surface area contributed by atoms with E-state index in [1.54, 1.807) is 0 Å². The normalized spacial score (nSPS) is 34.5. The second kappa shape index (κ2) is 7.62. The van der Waals surface area contributed by atoms with Crippen LogP contribution in [-0.2, 0) is 9.53 Å². The van der Waals surface area contributed by atoms with E-state index >= 15 is 0 Å². The summed E-state index contributed by atoms with van der Waals surface area (Å²) in [6.07, 6.45) is 3.56. The molecule has 0 radical (unpaired) electrons. The highest BCUT2D eigenvalue weighted by molar-refractivity contribution is 5.78. The van der Waals surface area contributed by atoms with Gasteiger partial charge in [0.25, 0.3) is 0 Å². The fraction of sp³-hybridized carbons (Fsp3) is 0.941. The second-order valence-electron chi connectivity index (χ2n) is 7.49. The van der Waals surface area contributed by atoms with E-state index in [1.165, 1.54) is 0 Å². The van der Waals surface area contributed by atoms with Gasteiger partial charge in [-0.15, -0.1) is 0 Å². The summed E-state index contributed by atoms with van der Waals surface area (Å²) in [4.78, 5) is 12.0. The van der Waals surface area contributed by atoms with Crippen LogP contribution in [0.15, 0.2) is 0 Å². The number of amides is 1. The van der Waals surface area contributed by atoms with Crippen molar-refractivity contribution in [3.05, 3.63) is 0 Å². The Balaban J connectivity index is 1.40. The van der Waals surface area contributed by atoms with Crippen LogP contribution < -0.4 is 10.6 Å². The molecular weight excluding hydrogens is 318 g/mol. The van der Waals surface area contributed by atoms with Crippen molar-refractivity contribution in [1.82, 2.24) is 10.6 Å². The molecule has 1 heterocycles. The first-order chi connectivity index (χ1) is 11.4. The van der Waals surface area contributed by atoms with E-state index in [0.717, 1.165) is 25.7 Å². The molecule has 2 saturated carbocycles. The molecule has 0 aromatic heterocycles. The van der Waals surface area contributed by atoms with Crippen molar-refractivity contribution in [3.8, 4) is 0 Å². The molecule has 3 aliphatic rings. The molecule has 0 unspecified atom stereocenters. The largest absolute Gasteiger partial charge is 0.389 e. The highest BCUT2D eigenvalue weighted by Gasteiger charge is 2.40. The third kappa shape index (κ3) is 4.43. The number of hydrogen-bond donors (Lipinski definition) is 3. The molecule has 3 fully saturated rings. The Morgan fingerprint density at radius 3 is 2.50 bits per heavy atom. The summed E-state index contributed by atoms with van der Waals surface area (Å²) in [7, 11) is 0. The Hall–Kier alpha value is -0.790. The smallest absolute Gasteiger partial charge is 0.248 e. The lowest BCUT2D eigenvalue weighted by Gasteiger charge is -2.31. The van der Waals surface area contributed by atoms with Gasteiger partial charge in [0.05, 0.1) is 18.8 Å². The van der Waals surface area contributed by atoms with Gasteiger partial charge in [-0.25, -0.2) is 8.78 Å². The molecule has 0 bridgehead atoms. The molecule has 1 saturated heterocycles. The van der Waals surface area contributed by atoms with Crippen LogP contribution in [0.4, 0.5) is 8.78 Å². The summed E-state index contributed by atoms with van der Waals surface area (Å²) in [5.74, 6) is -2.40. The number of halogens is 2. The Morgan fingerprint density at radius 2 is 1.83 bits per heavy atom. The van der Waals surface area contributed by atoms with Gasteiger partial charge in [-0.3, -0.25) is 4.79 Å². The Morgan fingerprint density at radius 1 is 1.17 bits per heavy atom. The number of rotatable bonds is 5. The quantitative estimate of drug-likeness (QED) is 0.707. The predicted molar refractivity (Wildman–Crippen MR) is 84.8 cm³/mol. The molecule has 3 N–H and O–H groups in total. The minimum atomic E-state index is -2.55. The first kappa shape index (κ1) is 18.0. The summed E-state index contributed by atoms with van der Waals surface area (Å²) < 4.78 is 32.0. The predicted octanol–water partition coefficient (Wildman–Crippen LogP) is 1.59. The summed E-state index contributed by atoms with van der Waals surface area (Å²) in [6, 6.07) is -0.255. The van der Waals surface area contributed by atoms with Crippen LogP contribution in [0.2, 0.25) is 0 Å². The van der Waals surface area contributed by atoms with Gasteiger partial charge in [-0.2, -0.15) is 0 Å². The van der Waals surface area contributed by atoms with Crippen molar-refractivity contribution in [1.29, 1.82) is 0 Å². The van der Waals surface area contributed by atoms with Gasteiger partial charge >= 0.3 is 0 Å². The summed E-state index contributed by atoms with van der Waals surface area (Å²) in [5.41, 5.74) is 0. The zero-order valence-corrected chi connectivity index (χ0v) is 14.0.